The highest BCUT2D eigenvalue weighted by Crippen LogP contribution is 2.35. The first kappa shape index (κ1) is 17.3. The van der Waals surface area contributed by atoms with Crippen LogP contribution in [0.15, 0.2) is 30.3 Å². The Kier molecular flexibility index (Phi) is 6.24. The number of carbonyl (C=O) groups excluding carboxylic acids is 1. The molecule has 1 aromatic rings. The smallest absolute Gasteiger partial charge is 0.234 e. The van der Waals surface area contributed by atoms with Crippen LogP contribution in [0.1, 0.15) is 24.8 Å². The first-order chi connectivity index (χ1) is 10.2. The van der Waals surface area contributed by atoms with Crippen LogP contribution in [0.4, 0.5) is 0 Å². The molecule has 3 N–H and O–H groups in total. The predicted molar refractivity (Wildman–Crippen MR) is 90.8 cm³/mol. The molecule has 1 amide bonds. The molecule has 122 valence electrons. The Morgan fingerprint density at radius 3 is 2.73 bits per heavy atom. The number of amides is 1. The summed E-state index contributed by atoms with van der Waals surface area (Å²) in [6.07, 6.45) is 3.67. The van der Waals surface area contributed by atoms with E-state index < -0.39 is 0 Å². The van der Waals surface area contributed by atoms with Gasteiger partial charge in [0.25, 0.3) is 0 Å². The van der Waals surface area contributed by atoms with Gasteiger partial charge in [0.2, 0.25) is 5.91 Å². The molecule has 4 nitrogen and oxygen atoms in total. The molecular weight excluding hydrogens is 298 g/mol. The van der Waals surface area contributed by atoms with Crippen molar-refractivity contribution in [1.29, 1.82) is 0 Å². The third-order valence-electron chi connectivity index (χ3n) is 4.93. The molecule has 3 atom stereocenters. The van der Waals surface area contributed by atoms with Crippen LogP contribution in [0.25, 0.3) is 0 Å². The Hall–Kier alpha value is -1.10. The van der Waals surface area contributed by atoms with E-state index in [1.807, 2.05) is 30.3 Å². The maximum absolute atomic E-state index is 12.1. The second kappa shape index (κ2) is 7.95. The van der Waals surface area contributed by atoms with E-state index in [-0.39, 0.29) is 18.3 Å². The molecule has 0 radical (unpaired) electrons. The van der Waals surface area contributed by atoms with Crippen molar-refractivity contribution in [3.8, 4) is 0 Å². The topological polar surface area (TPSA) is 58.4 Å². The van der Waals surface area contributed by atoms with Gasteiger partial charge in [-0.25, -0.2) is 0 Å². The fourth-order valence-corrected chi connectivity index (χ4v) is 3.79. The van der Waals surface area contributed by atoms with Gasteiger partial charge < -0.3 is 11.1 Å². The van der Waals surface area contributed by atoms with Gasteiger partial charge in [-0.3, -0.25) is 9.69 Å². The van der Waals surface area contributed by atoms with E-state index in [1.54, 1.807) is 0 Å². The molecule has 1 saturated heterocycles. The van der Waals surface area contributed by atoms with E-state index in [2.05, 4.69) is 10.2 Å². The maximum Gasteiger partial charge on any atom is 0.234 e. The number of fused-ring (bicyclic) bond motifs is 1. The zero-order chi connectivity index (χ0) is 14.7. The minimum Gasteiger partial charge on any atom is -0.351 e. The van der Waals surface area contributed by atoms with Gasteiger partial charge in [0.1, 0.15) is 0 Å². The minimum atomic E-state index is 0. The van der Waals surface area contributed by atoms with E-state index in [4.69, 9.17) is 5.73 Å². The summed E-state index contributed by atoms with van der Waals surface area (Å²) < 4.78 is 0. The molecule has 2 fully saturated rings. The number of likely N-dealkylation sites (tertiary alicyclic amines) is 1. The van der Waals surface area contributed by atoms with E-state index in [1.165, 1.54) is 12.8 Å². The number of hydrogen-bond donors (Lipinski definition) is 2. The van der Waals surface area contributed by atoms with Gasteiger partial charge in [-0.1, -0.05) is 36.8 Å². The molecular formula is C17H26ClN3O. The van der Waals surface area contributed by atoms with Crippen LogP contribution in [0, 0.1) is 11.8 Å². The van der Waals surface area contributed by atoms with Gasteiger partial charge in [0.05, 0.1) is 6.54 Å². The van der Waals surface area contributed by atoms with Gasteiger partial charge in [0, 0.05) is 25.7 Å². The summed E-state index contributed by atoms with van der Waals surface area (Å²) in [6.45, 7) is 3.15. The molecule has 0 bridgehead atoms. The van der Waals surface area contributed by atoms with Crippen molar-refractivity contribution in [1.82, 2.24) is 10.2 Å². The fourth-order valence-electron chi connectivity index (χ4n) is 3.79. The molecule has 5 heteroatoms. The van der Waals surface area contributed by atoms with Crippen LogP contribution in [0.2, 0.25) is 0 Å². The number of benzene rings is 1. The zero-order valence-corrected chi connectivity index (χ0v) is 13.7. The van der Waals surface area contributed by atoms with Gasteiger partial charge in [-0.05, 0) is 30.2 Å². The molecule has 1 saturated carbocycles. The largest absolute Gasteiger partial charge is 0.351 e. The standard InChI is InChI=1S/C17H25N3O.ClH/c18-16-8-4-7-14-10-20(11-15(14)16)12-17(21)19-9-13-5-2-1-3-6-13;/h1-3,5-6,14-16H,4,7-12,18H2,(H,19,21);1H. The summed E-state index contributed by atoms with van der Waals surface area (Å²) in [4.78, 5) is 14.4. The van der Waals surface area contributed by atoms with Crippen LogP contribution in [0.3, 0.4) is 0 Å². The lowest BCUT2D eigenvalue weighted by Gasteiger charge is -2.29. The van der Waals surface area contributed by atoms with Gasteiger partial charge >= 0.3 is 0 Å². The summed E-state index contributed by atoms with van der Waals surface area (Å²) in [5.74, 6) is 1.42. The normalized spacial score (nSPS) is 27.8. The lowest BCUT2D eigenvalue weighted by molar-refractivity contribution is -0.122. The maximum atomic E-state index is 12.1. The summed E-state index contributed by atoms with van der Waals surface area (Å²) >= 11 is 0. The SMILES string of the molecule is Cl.NC1CCCC2CN(CC(=O)NCc3ccccc3)CC12. The van der Waals surface area contributed by atoms with Crippen molar-refractivity contribution in [3.63, 3.8) is 0 Å². The zero-order valence-electron chi connectivity index (χ0n) is 12.9. The summed E-state index contributed by atoms with van der Waals surface area (Å²) in [5.41, 5.74) is 7.36. The quantitative estimate of drug-likeness (QED) is 0.888. The van der Waals surface area contributed by atoms with E-state index in [0.717, 1.165) is 25.1 Å². The first-order valence-corrected chi connectivity index (χ1v) is 8.01. The lowest BCUT2D eigenvalue weighted by atomic mass is 9.78. The third-order valence-corrected chi connectivity index (χ3v) is 4.93. The molecule has 0 spiro atoms. The Labute approximate surface area is 138 Å². The van der Waals surface area contributed by atoms with Crippen molar-refractivity contribution >= 4 is 18.3 Å². The number of hydrogen-bond acceptors (Lipinski definition) is 3. The third kappa shape index (κ3) is 4.22. The molecule has 0 aromatic heterocycles. The summed E-state index contributed by atoms with van der Waals surface area (Å²) in [6, 6.07) is 10.4. The highest BCUT2D eigenvalue weighted by atomic mass is 35.5. The van der Waals surface area contributed by atoms with Crippen molar-refractivity contribution in [2.24, 2.45) is 17.6 Å². The first-order valence-electron chi connectivity index (χ1n) is 8.01. The van der Waals surface area contributed by atoms with Crippen LogP contribution >= 0.6 is 12.4 Å². The predicted octanol–water partition coefficient (Wildman–Crippen LogP) is 1.78. The Balaban J connectivity index is 0.00000176. The fraction of sp³-hybridized carbons (Fsp3) is 0.588. The van der Waals surface area contributed by atoms with E-state index >= 15 is 0 Å². The molecule has 1 heterocycles. The number of nitrogens with zero attached hydrogens (tertiary/aromatic N) is 1. The van der Waals surface area contributed by atoms with E-state index in [0.29, 0.717) is 31.0 Å². The van der Waals surface area contributed by atoms with Gasteiger partial charge in [-0.15, -0.1) is 12.4 Å². The number of halogens is 1. The molecule has 1 aliphatic carbocycles. The molecule has 1 aromatic carbocycles. The molecule has 3 unspecified atom stereocenters. The van der Waals surface area contributed by atoms with E-state index in [9.17, 15) is 4.79 Å². The highest BCUT2D eigenvalue weighted by molar-refractivity contribution is 5.85. The Morgan fingerprint density at radius 2 is 2.00 bits per heavy atom. The monoisotopic (exact) mass is 323 g/mol. The minimum absolute atomic E-state index is 0. The molecule has 3 rings (SSSR count). The number of rotatable bonds is 4. The number of carbonyl (C=O) groups is 1. The van der Waals surface area contributed by atoms with Crippen molar-refractivity contribution in [2.45, 2.75) is 31.8 Å². The molecule has 1 aliphatic heterocycles. The Morgan fingerprint density at radius 1 is 1.23 bits per heavy atom. The van der Waals surface area contributed by atoms with Gasteiger partial charge in [0.15, 0.2) is 0 Å². The van der Waals surface area contributed by atoms with Crippen molar-refractivity contribution < 1.29 is 4.79 Å². The van der Waals surface area contributed by atoms with Gasteiger partial charge in [-0.2, -0.15) is 0 Å². The average Bonchev–Trinajstić information content (AvgIpc) is 2.90. The van der Waals surface area contributed by atoms with Crippen LogP contribution in [0.5, 0.6) is 0 Å². The molecule has 2 aliphatic rings. The van der Waals surface area contributed by atoms with Crippen LogP contribution in [-0.4, -0.2) is 36.5 Å². The summed E-state index contributed by atoms with van der Waals surface area (Å²) in [5, 5.41) is 3.01. The summed E-state index contributed by atoms with van der Waals surface area (Å²) in [7, 11) is 0. The molecule has 22 heavy (non-hydrogen) atoms. The van der Waals surface area contributed by atoms with Crippen molar-refractivity contribution in [2.75, 3.05) is 19.6 Å². The number of nitrogens with two attached hydrogens (primary N) is 1. The highest BCUT2D eigenvalue weighted by Gasteiger charge is 2.38. The van der Waals surface area contributed by atoms with Crippen LogP contribution in [-0.2, 0) is 11.3 Å². The second-order valence-corrected chi connectivity index (χ2v) is 6.48. The van der Waals surface area contributed by atoms with Crippen LogP contribution < -0.4 is 11.1 Å². The van der Waals surface area contributed by atoms with Crippen molar-refractivity contribution in [3.05, 3.63) is 35.9 Å². The average molecular weight is 324 g/mol. The Bertz CT molecular complexity index is 482. The lowest BCUT2D eigenvalue weighted by Crippen LogP contribution is -2.39. The number of nitrogens with one attached hydrogen (secondary N) is 1. The second-order valence-electron chi connectivity index (χ2n) is 6.48.